The molecule has 2 aromatic heterocycles. The van der Waals surface area contributed by atoms with E-state index in [2.05, 4.69) is 4.98 Å². The van der Waals surface area contributed by atoms with Crippen molar-refractivity contribution in [2.24, 2.45) is 5.92 Å². The van der Waals surface area contributed by atoms with Gasteiger partial charge < -0.3 is 4.90 Å². The van der Waals surface area contributed by atoms with Crippen LogP contribution >= 0.6 is 11.3 Å². The van der Waals surface area contributed by atoms with Crippen LogP contribution in [0.2, 0.25) is 0 Å². The number of fused-ring (bicyclic) bond motifs is 1. The molecule has 6 heteroatoms. The third kappa shape index (κ3) is 3.54. The summed E-state index contributed by atoms with van der Waals surface area (Å²) in [5.74, 6) is 1.28. The van der Waals surface area contributed by atoms with Crippen molar-refractivity contribution in [1.82, 2.24) is 14.5 Å². The Kier molecular flexibility index (Phi) is 4.83. The number of benzene rings is 1. The smallest absolute Gasteiger partial charge is 0.263 e. The van der Waals surface area contributed by atoms with Crippen LogP contribution in [0.3, 0.4) is 0 Å². The molecule has 1 amide bonds. The summed E-state index contributed by atoms with van der Waals surface area (Å²) in [6.45, 7) is 6.07. The maximum absolute atomic E-state index is 12.8. The predicted octanol–water partition coefficient (Wildman–Crippen LogP) is 3.63. The van der Waals surface area contributed by atoms with Gasteiger partial charge in [0.05, 0.1) is 15.8 Å². The number of piperidine rings is 1. The largest absolute Gasteiger partial charge is 0.338 e. The lowest BCUT2D eigenvalue weighted by Gasteiger charge is -2.32. The Morgan fingerprint density at radius 3 is 2.59 bits per heavy atom. The summed E-state index contributed by atoms with van der Waals surface area (Å²) in [6.07, 6.45) is 1.82. The number of aryl methyl sites for hydroxylation is 2. The molecule has 3 heterocycles. The van der Waals surface area contributed by atoms with Crippen LogP contribution < -0.4 is 5.56 Å². The Hall–Kier alpha value is -2.47. The highest BCUT2D eigenvalue weighted by Crippen LogP contribution is 2.23. The number of hydrogen-bond donors (Lipinski definition) is 0. The highest BCUT2D eigenvalue weighted by Gasteiger charge is 2.25. The fourth-order valence-corrected chi connectivity index (χ4v) is 4.61. The summed E-state index contributed by atoms with van der Waals surface area (Å²) in [5.41, 5.74) is 0.786. The second-order valence-corrected chi connectivity index (χ2v) is 8.53. The van der Waals surface area contributed by atoms with E-state index in [9.17, 15) is 9.59 Å². The van der Waals surface area contributed by atoms with Crippen molar-refractivity contribution in [3.05, 3.63) is 62.3 Å². The average Bonchev–Trinajstić information content (AvgIpc) is 3.11. The first-order valence-electron chi connectivity index (χ1n) is 9.35. The van der Waals surface area contributed by atoms with E-state index in [1.807, 2.05) is 55.1 Å². The van der Waals surface area contributed by atoms with Crippen molar-refractivity contribution < 1.29 is 4.79 Å². The SMILES string of the molecule is Cc1ccc(C(=O)N2CCC(Cn3c(C)nc4ccccc4c3=O)CC2)s1. The van der Waals surface area contributed by atoms with E-state index >= 15 is 0 Å². The van der Waals surface area contributed by atoms with E-state index < -0.39 is 0 Å². The summed E-state index contributed by atoms with van der Waals surface area (Å²) < 4.78 is 1.80. The molecule has 0 bridgehead atoms. The molecular formula is C21H23N3O2S. The summed E-state index contributed by atoms with van der Waals surface area (Å²) in [7, 11) is 0. The molecule has 27 heavy (non-hydrogen) atoms. The zero-order valence-electron chi connectivity index (χ0n) is 15.6. The molecular weight excluding hydrogens is 358 g/mol. The summed E-state index contributed by atoms with van der Waals surface area (Å²) in [4.78, 5) is 33.9. The molecule has 5 nitrogen and oxygen atoms in total. The number of rotatable bonds is 3. The van der Waals surface area contributed by atoms with E-state index in [4.69, 9.17) is 0 Å². The van der Waals surface area contributed by atoms with Crippen LogP contribution in [0.15, 0.2) is 41.2 Å². The zero-order chi connectivity index (χ0) is 19.0. The molecule has 0 saturated carbocycles. The second kappa shape index (κ2) is 7.27. The van der Waals surface area contributed by atoms with Gasteiger partial charge in [0.2, 0.25) is 0 Å². The molecule has 4 rings (SSSR count). The van der Waals surface area contributed by atoms with Gasteiger partial charge in [-0.25, -0.2) is 4.98 Å². The van der Waals surface area contributed by atoms with Crippen molar-refractivity contribution in [2.75, 3.05) is 13.1 Å². The number of aromatic nitrogens is 2. The van der Waals surface area contributed by atoms with Crippen LogP contribution in [0.1, 0.15) is 33.2 Å². The topological polar surface area (TPSA) is 55.2 Å². The van der Waals surface area contributed by atoms with E-state index in [-0.39, 0.29) is 11.5 Å². The van der Waals surface area contributed by atoms with E-state index in [1.165, 1.54) is 0 Å². The number of carbonyl (C=O) groups excluding carboxylic acids is 1. The zero-order valence-corrected chi connectivity index (χ0v) is 16.5. The van der Waals surface area contributed by atoms with Crippen LogP contribution in [0.4, 0.5) is 0 Å². The minimum absolute atomic E-state index is 0.0330. The van der Waals surface area contributed by atoms with Crippen molar-refractivity contribution in [3.8, 4) is 0 Å². The number of thiophene rings is 1. The van der Waals surface area contributed by atoms with Gasteiger partial charge >= 0.3 is 0 Å². The van der Waals surface area contributed by atoms with Gasteiger partial charge in [-0.15, -0.1) is 11.3 Å². The normalized spacial score (nSPS) is 15.4. The van der Waals surface area contributed by atoms with E-state index in [0.717, 1.165) is 47.0 Å². The highest BCUT2D eigenvalue weighted by atomic mass is 32.1. The molecule has 0 spiro atoms. The van der Waals surface area contributed by atoms with E-state index in [0.29, 0.717) is 17.8 Å². The van der Waals surface area contributed by atoms with Gasteiger partial charge in [-0.1, -0.05) is 12.1 Å². The maximum atomic E-state index is 12.8. The Morgan fingerprint density at radius 1 is 1.15 bits per heavy atom. The third-order valence-electron chi connectivity index (χ3n) is 5.35. The van der Waals surface area contributed by atoms with E-state index in [1.54, 1.807) is 15.9 Å². The molecule has 3 aromatic rings. The average molecular weight is 382 g/mol. The van der Waals surface area contributed by atoms with Crippen molar-refractivity contribution in [3.63, 3.8) is 0 Å². The standard InChI is InChI=1S/C21H23N3O2S/c1-14-7-8-19(27-14)21(26)23-11-9-16(10-12-23)13-24-15(2)22-18-6-4-3-5-17(18)20(24)25/h3-8,16H,9-13H2,1-2H3. The third-order valence-corrected chi connectivity index (χ3v) is 6.33. The minimum Gasteiger partial charge on any atom is -0.338 e. The van der Waals surface area contributed by atoms with Gasteiger partial charge in [0.15, 0.2) is 0 Å². The summed E-state index contributed by atoms with van der Waals surface area (Å²) in [6, 6.07) is 11.4. The fraction of sp³-hybridized carbons (Fsp3) is 0.381. The molecule has 1 aliphatic rings. The number of likely N-dealkylation sites (tertiary alicyclic amines) is 1. The van der Waals surface area contributed by atoms with Crippen molar-refractivity contribution in [2.45, 2.75) is 33.2 Å². The predicted molar refractivity (Wildman–Crippen MR) is 108 cm³/mol. The maximum Gasteiger partial charge on any atom is 0.263 e. The lowest BCUT2D eigenvalue weighted by atomic mass is 9.96. The fourth-order valence-electron chi connectivity index (χ4n) is 3.78. The van der Waals surface area contributed by atoms with Gasteiger partial charge in [0, 0.05) is 24.5 Å². The van der Waals surface area contributed by atoms with Crippen molar-refractivity contribution >= 4 is 28.1 Å². The molecule has 0 N–H and O–H groups in total. The van der Waals surface area contributed by atoms with Crippen LogP contribution in [-0.4, -0.2) is 33.4 Å². The molecule has 1 aromatic carbocycles. The number of carbonyl (C=O) groups is 1. The number of para-hydroxylation sites is 1. The summed E-state index contributed by atoms with van der Waals surface area (Å²) in [5, 5.41) is 0.670. The van der Waals surface area contributed by atoms with Gasteiger partial charge in [0.25, 0.3) is 11.5 Å². The van der Waals surface area contributed by atoms with Crippen LogP contribution in [0, 0.1) is 19.8 Å². The number of amides is 1. The molecule has 1 fully saturated rings. The van der Waals surface area contributed by atoms with Crippen LogP contribution in [0.25, 0.3) is 10.9 Å². The van der Waals surface area contributed by atoms with Crippen LogP contribution in [-0.2, 0) is 6.54 Å². The molecule has 1 aliphatic heterocycles. The lowest BCUT2D eigenvalue weighted by Crippen LogP contribution is -2.40. The summed E-state index contributed by atoms with van der Waals surface area (Å²) >= 11 is 1.55. The highest BCUT2D eigenvalue weighted by molar-refractivity contribution is 7.13. The Morgan fingerprint density at radius 2 is 1.89 bits per heavy atom. The first-order chi connectivity index (χ1) is 13.0. The monoisotopic (exact) mass is 381 g/mol. The first kappa shape index (κ1) is 17.9. The molecule has 1 saturated heterocycles. The Bertz CT molecular complexity index is 1050. The number of hydrogen-bond acceptors (Lipinski definition) is 4. The molecule has 0 unspecified atom stereocenters. The molecule has 0 atom stereocenters. The van der Waals surface area contributed by atoms with Crippen molar-refractivity contribution in [1.29, 1.82) is 0 Å². The lowest BCUT2D eigenvalue weighted by molar-refractivity contribution is 0.0687. The first-order valence-corrected chi connectivity index (χ1v) is 10.2. The Balaban J connectivity index is 1.46. The van der Waals surface area contributed by atoms with Gasteiger partial charge in [-0.05, 0) is 56.9 Å². The van der Waals surface area contributed by atoms with Crippen LogP contribution in [0.5, 0.6) is 0 Å². The molecule has 0 radical (unpaired) electrons. The molecule has 0 aliphatic carbocycles. The minimum atomic E-state index is 0.0330. The molecule has 140 valence electrons. The van der Waals surface area contributed by atoms with Gasteiger partial charge in [-0.2, -0.15) is 0 Å². The van der Waals surface area contributed by atoms with Gasteiger partial charge in [0.1, 0.15) is 5.82 Å². The Labute approximate surface area is 162 Å². The quantitative estimate of drug-likeness (QED) is 0.696. The number of nitrogens with zero attached hydrogens (tertiary/aromatic N) is 3. The second-order valence-electron chi connectivity index (χ2n) is 7.24. The van der Waals surface area contributed by atoms with Gasteiger partial charge in [-0.3, -0.25) is 14.2 Å².